The first kappa shape index (κ1) is 18.8. The maximum absolute atomic E-state index is 12.6. The molecule has 0 saturated heterocycles. The van der Waals surface area contributed by atoms with Crippen molar-refractivity contribution >= 4 is 22.7 Å². The van der Waals surface area contributed by atoms with Gasteiger partial charge in [0.05, 0.1) is 17.5 Å². The lowest BCUT2D eigenvalue weighted by Gasteiger charge is -2.58. The summed E-state index contributed by atoms with van der Waals surface area (Å²) in [4.78, 5) is 24.2. The van der Waals surface area contributed by atoms with Gasteiger partial charge in [0.25, 0.3) is 0 Å². The van der Waals surface area contributed by atoms with Crippen molar-refractivity contribution in [2.24, 2.45) is 17.8 Å². The lowest BCUT2D eigenvalue weighted by Crippen LogP contribution is -2.58. The van der Waals surface area contributed by atoms with E-state index in [0.717, 1.165) is 48.8 Å². The lowest BCUT2D eigenvalue weighted by molar-refractivity contribution is -0.129. The zero-order valence-corrected chi connectivity index (χ0v) is 17.3. The molecule has 3 aromatic heterocycles. The quantitative estimate of drug-likeness (QED) is 0.535. The number of nitrogens with one attached hydrogen (secondary N) is 2. The van der Waals surface area contributed by atoms with Crippen LogP contribution in [-0.2, 0) is 6.42 Å². The van der Waals surface area contributed by atoms with Crippen molar-refractivity contribution in [3.63, 3.8) is 0 Å². The van der Waals surface area contributed by atoms with Gasteiger partial charge in [-0.05, 0) is 55.9 Å². The lowest BCUT2D eigenvalue weighted by atomic mass is 9.52. The summed E-state index contributed by atoms with van der Waals surface area (Å²) in [7, 11) is 0. The normalized spacial score (nSPS) is 31.3. The highest BCUT2D eigenvalue weighted by Crippen LogP contribution is 2.56. The van der Waals surface area contributed by atoms with Crippen LogP contribution in [0.4, 0.5) is 5.69 Å². The van der Waals surface area contributed by atoms with E-state index in [9.17, 15) is 9.90 Å². The van der Waals surface area contributed by atoms with Gasteiger partial charge >= 0.3 is 11.9 Å². The number of hydrogen-bond donors (Lipinski definition) is 3. The first-order valence-electron chi connectivity index (χ1n) is 11.0. The average Bonchev–Trinajstić information content (AvgIpc) is 3.40. The first-order valence-corrected chi connectivity index (χ1v) is 11.0. The van der Waals surface area contributed by atoms with Crippen molar-refractivity contribution < 1.29 is 19.2 Å². The Labute approximate surface area is 178 Å². The Morgan fingerprint density at radius 3 is 2.87 bits per heavy atom. The minimum Gasteiger partial charge on any atom is -0.415 e. The van der Waals surface area contributed by atoms with Gasteiger partial charge in [0.15, 0.2) is 11.6 Å². The van der Waals surface area contributed by atoms with Crippen molar-refractivity contribution in [1.29, 1.82) is 0 Å². The van der Waals surface area contributed by atoms with Crippen LogP contribution in [0, 0.1) is 17.8 Å². The van der Waals surface area contributed by atoms with Gasteiger partial charge in [-0.2, -0.15) is 4.98 Å². The summed E-state index contributed by atoms with van der Waals surface area (Å²) < 4.78 is 10.7. The predicted molar refractivity (Wildman–Crippen MR) is 111 cm³/mol. The van der Waals surface area contributed by atoms with Crippen LogP contribution in [0.2, 0.25) is 0 Å². The molecule has 4 saturated carbocycles. The number of aromatic nitrogens is 4. The smallest absolute Gasteiger partial charge is 0.402 e. The van der Waals surface area contributed by atoms with E-state index in [1.165, 1.54) is 0 Å². The SMILES string of the molecule is CCc1noc(C(=O)Oc2cnc3[nH]ccc3c2NC2[C@@H]3CC4C[C@H]2CC(O)(C4)C3)n1. The van der Waals surface area contributed by atoms with Gasteiger partial charge in [-0.15, -0.1) is 0 Å². The van der Waals surface area contributed by atoms with Crippen LogP contribution in [0.15, 0.2) is 23.0 Å². The topological polar surface area (TPSA) is 126 Å². The van der Waals surface area contributed by atoms with Gasteiger partial charge in [-0.25, -0.2) is 9.78 Å². The Bertz CT molecular complexity index is 1140. The average molecular weight is 423 g/mol. The number of fused-ring (bicyclic) bond motifs is 1. The molecule has 0 amide bonds. The molecule has 7 rings (SSSR count). The van der Waals surface area contributed by atoms with Crippen LogP contribution in [0.3, 0.4) is 0 Å². The Morgan fingerprint density at radius 1 is 1.35 bits per heavy atom. The molecule has 4 bridgehead atoms. The van der Waals surface area contributed by atoms with Crippen molar-refractivity contribution in [3.8, 4) is 5.75 Å². The third-order valence-electron chi connectivity index (χ3n) is 7.27. The zero-order chi connectivity index (χ0) is 21.2. The van der Waals surface area contributed by atoms with E-state index in [0.29, 0.717) is 35.7 Å². The van der Waals surface area contributed by atoms with Crippen molar-refractivity contribution in [2.75, 3.05) is 5.32 Å². The molecule has 4 aliphatic rings. The van der Waals surface area contributed by atoms with Crippen LogP contribution in [0.25, 0.3) is 11.0 Å². The van der Waals surface area contributed by atoms with Gasteiger partial charge in [-0.1, -0.05) is 12.1 Å². The molecule has 9 nitrogen and oxygen atoms in total. The predicted octanol–water partition coefficient (Wildman–Crippen LogP) is 3.08. The highest BCUT2D eigenvalue weighted by Gasteiger charge is 2.54. The molecule has 3 aromatic rings. The highest BCUT2D eigenvalue weighted by atomic mass is 16.6. The fourth-order valence-electron chi connectivity index (χ4n) is 6.22. The largest absolute Gasteiger partial charge is 0.415 e. The van der Waals surface area contributed by atoms with Crippen LogP contribution in [0.1, 0.15) is 55.5 Å². The van der Waals surface area contributed by atoms with E-state index >= 15 is 0 Å². The maximum atomic E-state index is 12.6. The fourth-order valence-corrected chi connectivity index (χ4v) is 6.22. The summed E-state index contributed by atoms with van der Waals surface area (Å²) in [5, 5.41) is 19.2. The summed E-state index contributed by atoms with van der Waals surface area (Å²) in [5.41, 5.74) is 0.954. The number of pyridine rings is 1. The van der Waals surface area contributed by atoms with Crippen LogP contribution < -0.4 is 10.1 Å². The van der Waals surface area contributed by atoms with E-state index in [2.05, 4.69) is 25.4 Å². The Hall–Kier alpha value is -2.94. The molecule has 162 valence electrons. The maximum Gasteiger partial charge on any atom is 0.402 e. The highest BCUT2D eigenvalue weighted by molar-refractivity contribution is 5.95. The molecule has 3 N–H and O–H groups in total. The van der Waals surface area contributed by atoms with Crippen molar-refractivity contribution in [1.82, 2.24) is 20.1 Å². The molecule has 4 aliphatic carbocycles. The molecular formula is C22H25N5O4. The molecule has 0 aliphatic heterocycles. The molecule has 4 fully saturated rings. The van der Waals surface area contributed by atoms with E-state index in [1.807, 2.05) is 19.2 Å². The summed E-state index contributed by atoms with van der Waals surface area (Å²) in [5.74, 6) is 1.35. The number of aryl methyl sites for hydroxylation is 1. The zero-order valence-electron chi connectivity index (χ0n) is 17.3. The standard InChI is InChI=1S/C22H25N5O4/c1-2-16-25-20(31-27-16)21(28)30-15-10-24-19-14(3-4-23-19)18(15)26-17-12-5-11-6-13(17)9-22(29,7-11)8-12/h3-4,10-13,17,29H,2,5-9H2,1H3,(H2,23,24,26)/t11?,12-,13+,17?,22?. The van der Waals surface area contributed by atoms with E-state index in [4.69, 9.17) is 9.26 Å². The molecule has 0 radical (unpaired) electrons. The van der Waals surface area contributed by atoms with E-state index in [-0.39, 0.29) is 11.9 Å². The summed E-state index contributed by atoms with van der Waals surface area (Å²) in [6.07, 6.45) is 8.80. The minimum absolute atomic E-state index is 0.172. The molecule has 9 heteroatoms. The first-order chi connectivity index (χ1) is 15.0. The third-order valence-corrected chi connectivity index (χ3v) is 7.27. The second kappa shape index (κ2) is 6.78. The molecule has 3 heterocycles. The third kappa shape index (κ3) is 3.10. The van der Waals surface area contributed by atoms with E-state index < -0.39 is 11.6 Å². The summed E-state index contributed by atoms with van der Waals surface area (Å²) >= 11 is 0. The molecule has 31 heavy (non-hydrogen) atoms. The van der Waals surface area contributed by atoms with Crippen LogP contribution in [0.5, 0.6) is 5.75 Å². The Kier molecular flexibility index (Phi) is 4.11. The van der Waals surface area contributed by atoms with Gasteiger partial charge in [-0.3, -0.25) is 0 Å². The van der Waals surface area contributed by atoms with Gasteiger partial charge < -0.3 is 24.7 Å². The second-order valence-electron chi connectivity index (χ2n) is 9.36. The monoisotopic (exact) mass is 423 g/mol. The number of H-pyrrole nitrogens is 1. The number of esters is 1. The van der Waals surface area contributed by atoms with Gasteiger partial charge in [0.2, 0.25) is 0 Å². The number of carbonyl (C=O) groups excluding carboxylic acids is 1. The van der Waals surface area contributed by atoms with Crippen molar-refractivity contribution in [2.45, 2.75) is 57.1 Å². The summed E-state index contributed by atoms with van der Waals surface area (Å²) in [6, 6.07) is 2.15. The van der Waals surface area contributed by atoms with Crippen LogP contribution >= 0.6 is 0 Å². The molecule has 0 spiro atoms. The number of aromatic amines is 1. The number of carbonyl (C=O) groups is 1. The number of nitrogens with zero attached hydrogens (tertiary/aromatic N) is 3. The van der Waals surface area contributed by atoms with Crippen molar-refractivity contribution in [3.05, 3.63) is 30.2 Å². The molecule has 0 aromatic carbocycles. The van der Waals surface area contributed by atoms with Gasteiger partial charge in [0.1, 0.15) is 5.65 Å². The number of rotatable bonds is 5. The molecular weight excluding hydrogens is 398 g/mol. The second-order valence-corrected chi connectivity index (χ2v) is 9.36. The number of aliphatic hydroxyl groups is 1. The van der Waals surface area contributed by atoms with Crippen LogP contribution in [-0.4, -0.2) is 42.8 Å². The van der Waals surface area contributed by atoms with E-state index in [1.54, 1.807) is 6.20 Å². The molecule has 3 unspecified atom stereocenters. The number of anilines is 1. The minimum atomic E-state index is -0.702. The Morgan fingerprint density at radius 2 is 2.16 bits per heavy atom. The summed E-state index contributed by atoms with van der Waals surface area (Å²) in [6.45, 7) is 1.88. The number of ether oxygens (including phenoxy) is 1. The Balaban J connectivity index is 1.32. The van der Waals surface area contributed by atoms with Gasteiger partial charge in [0, 0.05) is 24.0 Å². The fraction of sp³-hybridized carbons (Fsp3) is 0.545. The number of hydrogen-bond acceptors (Lipinski definition) is 8. The molecule has 5 atom stereocenters.